The van der Waals surface area contributed by atoms with Crippen LogP contribution in [0.2, 0.25) is 0 Å². The molecule has 4 nitrogen and oxygen atoms in total. The van der Waals surface area contributed by atoms with E-state index in [1.165, 1.54) is 18.4 Å². The molecule has 2 aromatic rings. The molecule has 96 valence electrons. The van der Waals surface area contributed by atoms with E-state index >= 15 is 0 Å². The number of rotatable bonds is 4. The molecule has 0 radical (unpaired) electrons. The molecule has 1 aliphatic carbocycles. The van der Waals surface area contributed by atoms with Crippen molar-refractivity contribution in [3.05, 3.63) is 25.6 Å². The second kappa shape index (κ2) is 4.79. The summed E-state index contributed by atoms with van der Waals surface area (Å²) in [5, 5.41) is 9.40. The van der Waals surface area contributed by atoms with Gasteiger partial charge in [-0.05, 0) is 58.0 Å². The van der Waals surface area contributed by atoms with E-state index in [4.69, 9.17) is 12.2 Å². The highest BCUT2D eigenvalue weighted by molar-refractivity contribution is 9.11. The fraction of sp³-hybridized carbons (Fsp3) is 0.455. The minimum absolute atomic E-state index is 0.544. The maximum absolute atomic E-state index is 5.29. The molecule has 0 saturated heterocycles. The number of hydrogen-bond acceptors (Lipinski definition) is 4. The molecule has 3 rings (SSSR count). The minimum atomic E-state index is 0.544. The Morgan fingerprint density at radius 1 is 1.67 bits per heavy atom. The lowest BCUT2D eigenvalue weighted by molar-refractivity contribution is 0.701. The lowest BCUT2D eigenvalue weighted by atomic mass is 10.3. The molecule has 18 heavy (non-hydrogen) atoms. The van der Waals surface area contributed by atoms with Gasteiger partial charge in [0, 0.05) is 19.6 Å². The molecule has 1 saturated carbocycles. The van der Waals surface area contributed by atoms with Gasteiger partial charge in [0.1, 0.15) is 0 Å². The van der Waals surface area contributed by atoms with Crippen LogP contribution in [0.15, 0.2) is 15.2 Å². The number of nitrogens with zero attached hydrogens (tertiary/aromatic N) is 3. The van der Waals surface area contributed by atoms with E-state index in [0.717, 1.165) is 21.1 Å². The van der Waals surface area contributed by atoms with E-state index in [-0.39, 0.29) is 0 Å². The first-order chi connectivity index (χ1) is 8.65. The van der Waals surface area contributed by atoms with Crippen molar-refractivity contribution in [1.29, 1.82) is 0 Å². The number of aromatic amines is 1. The van der Waals surface area contributed by atoms with Crippen LogP contribution in [0, 0.1) is 4.77 Å². The summed E-state index contributed by atoms with van der Waals surface area (Å²) >= 11 is 10.5. The predicted molar refractivity (Wildman–Crippen MR) is 79.8 cm³/mol. The van der Waals surface area contributed by atoms with Crippen LogP contribution in [-0.4, -0.2) is 21.8 Å². The summed E-state index contributed by atoms with van der Waals surface area (Å²) in [7, 11) is 2.05. The fourth-order valence-electron chi connectivity index (χ4n) is 2.00. The van der Waals surface area contributed by atoms with Gasteiger partial charge in [-0.1, -0.05) is 0 Å². The average Bonchev–Trinajstić information content (AvgIpc) is 2.97. The summed E-state index contributed by atoms with van der Waals surface area (Å²) in [4.78, 5) is 2.14. The van der Waals surface area contributed by atoms with E-state index < -0.39 is 0 Å². The van der Waals surface area contributed by atoms with E-state index in [9.17, 15) is 0 Å². The van der Waals surface area contributed by atoms with Crippen LogP contribution in [0.3, 0.4) is 0 Å². The Morgan fingerprint density at radius 2 is 2.44 bits per heavy atom. The van der Waals surface area contributed by atoms with Gasteiger partial charge in [0.2, 0.25) is 5.95 Å². The summed E-state index contributed by atoms with van der Waals surface area (Å²) in [5.41, 5.74) is 1.28. The van der Waals surface area contributed by atoms with Gasteiger partial charge in [-0.2, -0.15) is 0 Å². The van der Waals surface area contributed by atoms with E-state index in [0.29, 0.717) is 6.04 Å². The van der Waals surface area contributed by atoms with Crippen LogP contribution in [0.4, 0.5) is 5.95 Å². The highest BCUT2D eigenvalue weighted by atomic mass is 79.9. The highest BCUT2D eigenvalue weighted by Crippen LogP contribution is 2.37. The number of aromatic nitrogens is 3. The SMILES string of the molecule is CN(Cc1csc(Br)c1)c1n[nH]c(=S)n1C1CC1. The second-order valence-electron chi connectivity index (χ2n) is 4.55. The quantitative estimate of drug-likeness (QED) is 0.858. The topological polar surface area (TPSA) is 36.9 Å². The third-order valence-corrected chi connectivity index (χ3v) is 4.82. The molecule has 1 fully saturated rings. The molecule has 2 heterocycles. The first-order valence-corrected chi connectivity index (χ1v) is 7.84. The standard InChI is InChI=1S/C11H13BrN4S2/c1-15(5-7-4-9(12)18-6-7)10-13-14-11(17)16(10)8-2-3-8/h4,6,8H,2-3,5H2,1H3,(H,14,17). The molecular weight excluding hydrogens is 332 g/mol. The monoisotopic (exact) mass is 344 g/mol. The summed E-state index contributed by atoms with van der Waals surface area (Å²) < 4.78 is 4.02. The molecule has 7 heteroatoms. The maximum Gasteiger partial charge on any atom is 0.226 e. The van der Waals surface area contributed by atoms with Crippen LogP contribution < -0.4 is 4.90 Å². The van der Waals surface area contributed by atoms with Gasteiger partial charge in [0.25, 0.3) is 0 Å². The lowest BCUT2D eigenvalue weighted by Gasteiger charge is -2.18. The van der Waals surface area contributed by atoms with E-state index in [2.05, 4.69) is 54.1 Å². The highest BCUT2D eigenvalue weighted by Gasteiger charge is 2.28. The fourth-order valence-corrected chi connectivity index (χ4v) is 3.48. The summed E-state index contributed by atoms with van der Waals surface area (Å²) in [6.45, 7) is 0.842. The summed E-state index contributed by atoms with van der Waals surface area (Å²) in [6.07, 6.45) is 2.41. The van der Waals surface area contributed by atoms with Crippen molar-refractivity contribution in [2.24, 2.45) is 0 Å². The zero-order valence-corrected chi connectivity index (χ0v) is 13.1. The van der Waals surface area contributed by atoms with Crippen molar-refractivity contribution in [3.8, 4) is 0 Å². The molecular formula is C11H13BrN4S2. The van der Waals surface area contributed by atoms with Gasteiger partial charge in [-0.3, -0.25) is 4.57 Å². The van der Waals surface area contributed by atoms with Crippen molar-refractivity contribution in [2.75, 3.05) is 11.9 Å². The van der Waals surface area contributed by atoms with Crippen LogP contribution >= 0.6 is 39.5 Å². The van der Waals surface area contributed by atoms with Gasteiger partial charge in [-0.15, -0.1) is 16.4 Å². The maximum atomic E-state index is 5.29. The molecule has 0 unspecified atom stereocenters. The molecule has 0 spiro atoms. The van der Waals surface area contributed by atoms with Crippen molar-refractivity contribution >= 4 is 45.4 Å². The van der Waals surface area contributed by atoms with Gasteiger partial charge >= 0.3 is 0 Å². The number of nitrogens with one attached hydrogen (secondary N) is 1. The molecule has 1 N–H and O–H groups in total. The Labute approximate surface area is 123 Å². The zero-order valence-electron chi connectivity index (χ0n) is 9.89. The van der Waals surface area contributed by atoms with Gasteiger partial charge in [0.15, 0.2) is 4.77 Å². The van der Waals surface area contributed by atoms with Crippen molar-refractivity contribution in [3.63, 3.8) is 0 Å². The van der Waals surface area contributed by atoms with Crippen molar-refractivity contribution in [2.45, 2.75) is 25.4 Å². The van der Waals surface area contributed by atoms with Crippen LogP contribution in [0.1, 0.15) is 24.4 Å². The normalized spacial score (nSPS) is 15.0. The predicted octanol–water partition coefficient (Wildman–Crippen LogP) is 3.74. The van der Waals surface area contributed by atoms with Gasteiger partial charge < -0.3 is 4.90 Å². The van der Waals surface area contributed by atoms with Crippen molar-refractivity contribution < 1.29 is 0 Å². The Kier molecular flexibility index (Phi) is 3.29. The van der Waals surface area contributed by atoms with Crippen LogP contribution in [0.5, 0.6) is 0 Å². The number of anilines is 1. The molecule has 0 bridgehead atoms. The summed E-state index contributed by atoms with van der Waals surface area (Å²) in [6, 6.07) is 2.69. The average molecular weight is 345 g/mol. The van der Waals surface area contributed by atoms with Crippen LogP contribution in [-0.2, 0) is 6.54 Å². The number of halogens is 1. The molecule has 1 aliphatic rings. The molecule has 0 amide bonds. The number of H-pyrrole nitrogens is 1. The third-order valence-electron chi connectivity index (χ3n) is 2.98. The van der Waals surface area contributed by atoms with Crippen molar-refractivity contribution in [1.82, 2.24) is 14.8 Å². The largest absolute Gasteiger partial charge is 0.340 e. The molecule has 0 aromatic carbocycles. The lowest BCUT2D eigenvalue weighted by Crippen LogP contribution is -2.20. The Balaban J connectivity index is 1.83. The van der Waals surface area contributed by atoms with Gasteiger partial charge in [-0.25, -0.2) is 5.10 Å². The Hall–Kier alpha value is -0.660. The Morgan fingerprint density at radius 3 is 3.06 bits per heavy atom. The van der Waals surface area contributed by atoms with E-state index in [1.54, 1.807) is 11.3 Å². The first kappa shape index (κ1) is 12.4. The third kappa shape index (κ3) is 2.39. The molecule has 0 atom stereocenters. The van der Waals surface area contributed by atoms with Crippen LogP contribution in [0.25, 0.3) is 0 Å². The minimum Gasteiger partial charge on any atom is -0.340 e. The van der Waals surface area contributed by atoms with Gasteiger partial charge in [0.05, 0.1) is 3.79 Å². The number of hydrogen-bond donors (Lipinski definition) is 1. The summed E-state index contributed by atoms with van der Waals surface area (Å²) in [5.74, 6) is 0.935. The van der Waals surface area contributed by atoms with E-state index in [1.807, 2.05) is 0 Å². The number of thiophene rings is 1. The molecule has 2 aromatic heterocycles. The first-order valence-electron chi connectivity index (χ1n) is 5.76. The second-order valence-corrected chi connectivity index (χ2v) is 7.22. The Bertz CT molecular complexity index is 611. The smallest absolute Gasteiger partial charge is 0.226 e. The molecule has 0 aliphatic heterocycles. The zero-order chi connectivity index (χ0) is 12.7.